The number of benzene rings is 1. The van der Waals surface area contributed by atoms with Crippen molar-refractivity contribution >= 4 is 0 Å². The molecule has 1 aromatic heterocycles. The third kappa shape index (κ3) is 3.70. The number of hydrogen-bond acceptors (Lipinski definition) is 4. The van der Waals surface area contributed by atoms with Crippen molar-refractivity contribution in [2.75, 3.05) is 26.9 Å². The van der Waals surface area contributed by atoms with Crippen LogP contribution in [0, 0.1) is 0 Å². The molecular weight excluding hydrogens is 326 g/mol. The average molecular weight is 355 g/mol. The first-order valence-corrected chi connectivity index (χ1v) is 9.80. The summed E-state index contributed by atoms with van der Waals surface area (Å²) in [6.45, 7) is 5.15. The quantitative estimate of drug-likeness (QED) is 0.797. The fraction of sp³-hybridized carbons (Fsp3) is 0.571. The van der Waals surface area contributed by atoms with E-state index in [4.69, 9.17) is 14.6 Å². The number of rotatable bonds is 6. The summed E-state index contributed by atoms with van der Waals surface area (Å²) in [4.78, 5) is 2.61. The van der Waals surface area contributed by atoms with Gasteiger partial charge in [0.1, 0.15) is 0 Å². The molecule has 1 fully saturated rings. The van der Waals surface area contributed by atoms with E-state index in [2.05, 4.69) is 39.9 Å². The minimum absolute atomic E-state index is 0.392. The van der Waals surface area contributed by atoms with Crippen molar-refractivity contribution in [3.8, 4) is 0 Å². The lowest BCUT2D eigenvalue weighted by atomic mass is 9.95. The maximum absolute atomic E-state index is 5.80. The number of ether oxygens (including phenoxy) is 2. The first-order valence-electron chi connectivity index (χ1n) is 9.80. The molecule has 0 spiro atoms. The van der Waals surface area contributed by atoms with Crippen LogP contribution in [0.2, 0.25) is 0 Å². The standard InChI is InChI=1S/C21H29N3O2/c1-25-14-12-24-19-10-13-26-16-18(19)21(22-24)20-9-5-6-11-23(20)15-17-7-3-2-4-8-17/h2-4,7-8,20H,5-6,9-16H2,1H3. The summed E-state index contributed by atoms with van der Waals surface area (Å²) >= 11 is 0. The fourth-order valence-electron chi connectivity index (χ4n) is 4.27. The molecule has 3 heterocycles. The summed E-state index contributed by atoms with van der Waals surface area (Å²) in [7, 11) is 1.75. The van der Waals surface area contributed by atoms with E-state index in [9.17, 15) is 0 Å². The van der Waals surface area contributed by atoms with E-state index in [1.54, 1.807) is 7.11 Å². The predicted octanol–water partition coefficient (Wildman–Crippen LogP) is 3.33. The molecule has 0 amide bonds. The molecule has 1 aromatic carbocycles. The number of hydrogen-bond donors (Lipinski definition) is 0. The minimum atomic E-state index is 0.392. The van der Waals surface area contributed by atoms with Crippen molar-refractivity contribution in [2.45, 2.75) is 51.4 Å². The second kappa shape index (κ2) is 8.33. The molecule has 1 saturated heterocycles. The highest BCUT2D eigenvalue weighted by molar-refractivity contribution is 5.30. The van der Waals surface area contributed by atoms with E-state index in [1.165, 1.54) is 41.8 Å². The van der Waals surface area contributed by atoms with Crippen LogP contribution in [-0.4, -0.2) is 41.5 Å². The normalized spacial score (nSPS) is 20.9. The molecule has 1 atom stereocenters. The van der Waals surface area contributed by atoms with E-state index in [-0.39, 0.29) is 0 Å². The Labute approximate surface area is 155 Å². The maximum atomic E-state index is 5.80. The second-order valence-electron chi connectivity index (χ2n) is 7.30. The Morgan fingerprint density at radius 1 is 1.23 bits per heavy atom. The number of fused-ring (bicyclic) bond motifs is 1. The summed E-state index contributed by atoms with van der Waals surface area (Å²) in [5.41, 5.74) is 5.31. The highest BCUT2D eigenvalue weighted by atomic mass is 16.5. The van der Waals surface area contributed by atoms with Gasteiger partial charge in [-0.3, -0.25) is 9.58 Å². The molecule has 0 bridgehead atoms. The van der Waals surface area contributed by atoms with Crippen LogP contribution in [0.1, 0.15) is 47.8 Å². The van der Waals surface area contributed by atoms with E-state index < -0.39 is 0 Å². The molecule has 4 rings (SSSR count). The lowest BCUT2D eigenvalue weighted by Crippen LogP contribution is -2.34. The van der Waals surface area contributed by atoms with Crippen LogP contribution in [-0.2, 0) is 35.6 Å². The molecule has 0 N–H and O–H groups in total. The molecule has 140 valence electrons. The Kier molecular flexibility index (Phi) is 5.68. The van der Waals surface area contributed by atoms with Crippen LogP contribution < -0.4 is 0 Å². The summed E-state index contributed by atoms with van der Waals surface area (Å²) in [5, 5.41) is 5.06. The summed E-state index contributed by atoms with van der Waals surface area (Å²) in [6, 6.07) is 11.2. The Bertz CT molecular complexity index is 714. The topological polar surface area (TPSA) is 39.5 Å². The summed E-state index contributed by atoms with van der Waals surface area (Å²) in [5.74, 6) is 0. The molecule has 1 unspecified atom stereocenters. The van der Waals surface area contributed by atoms with Gasteiger partial charge >= 0.3 is 0 Å². The molecular formula is C21H29N3O2. The van der Waals surface area contributed by atoms with Gasteiger partial charge in [0.15, 0.2) is 0 Å². The third-order valence-electron chi connectivity index (χ3n) is 5.59. The van der Waals surface area contributed by atoms with Gasteiger partial charge in [-0.1, -0.05) is 36.8 Å². The van der Waals surface area contributed by atoms with Crippen molar-refractivity contribution < 1.29 is 9.47 Å². The Hall–Kier alpha value is -1.69. The minimum Gasteiger partial charge on any atom is -0.383 e. The lowest BCUT2D eigenvalue weighted by Gasteiger charge is -2.35. The highest BCUT2D eigenvalue weighted by Crippen LogP contribution is 2.35. The van der Waals surface area contributed by atoms with Crippen molar-refractivity contribution in [1.82, 2.24) is 14.7 Å². The van der Waals surface area contributed by atoms with Gasteiger partial charge in [0.2, 0.25) is 0 Å². The molecule has 2 aliphatic heterocycles. The molecule has 26 heavy (non-hydrogen) atoms. The van der Waals surface area contributed by atoms with Crippen molar-refractivity contribution in [3.63, 3.8) is 0 Å². The molecule has 5 heteroatoms. The van der Waals surface area contributed by atoms with Gasteiger partial charge in [-0.2, -0.15) is 5.10 Å². The van der Waals surface area contributed by atoms with Crippen LogP contribution >= 0.6 is 0 Å². The van der Waals surface area contributed by atoms with Crippen molar-refractivity contribution in [2.24, 2.45) is 0 Å². The third-order valence-corrected chi connectivity index (χ3v) is 5.59. The van der Waals surface area contributed by atoms with Gasteiger partial charge in [-0.05, 0) is 24.9 Å². The molecule has 0 radical (unpaired) electrons. The zero-order chi connectivity index (χ0) is 17.8. The van der Waals surface area contributed by atoms with Crippen LogP contribution in [0.25, 0.3) is 0 Å². The van der Waals surface area contributed by atoms with Crippen LogP contribution in [0.5, 0.6) is 0 Å². The van der Waals surface area contributed by atoms with Gasteiger partial charge < -0.3 is 9.47 Å². The lowest BCUT2D eigenvalue weighted by molar-refractivity contribution is 0.102. The fourth-order valence-corrected chi connectivity index (χ4v) is 4.27. The molecule has 2 aromatic rings. The number of aromatic nitrogens is 2. The zero-order valence-corrected chi connectivity index (χ0v) is 15.7. The van der Waals surface area contributed by atoms with Crippen molar-refractivity contribution in [3.05, 3.63) is 52.8 Å². The summed E-state index contributed by atoms with van der Waals surface area (Å²) < 4.78 is 13.3. The number of nitrogens with zero attached hydrogens (tertiary/aromatic N) is 3. The number of likely N-dealkylation sites (tertiary alicyclic amines) is 1. The Morgan fingerprint density at radius 3 is 2.96 bits per heavy atom. The van der Waals surface area contributed by atoms with Gasteiger partial charge in [0.25, 0.3) is 0 Å². The van der Waals surface area contributed by atoms with Crippen LogP contribution in [0.3, 0.4) is 0 Å². The second-order valence-corrected chi connectivity index (χ2v) is 7.30. The van der Waals surface area contributed by atoms with Gasteiger partial charge in [-0.15, -0.1) is 0 Å². The van der Waals surface area contributed by atoms with Gasteiger partial charge in [0.05, 0.1) is 38.1 Å². The summed E-state index contributed by atoms with van der Waals surface area (Å²) in [6.07, 6.45) is 4.68. The SMILES string of the molecule is COCCn1nc(C2CCCCN2Cc2ccccc2)c2c1CCOC2. The largest absolute Gasteiger partial charge is 0.383 e. The van der Waals surface area contributed by atoms with Gasteiger partial charge in [-0.25, -0.2) is 0 Å². The zero-order valence-electron chi connectivity index (χ0n) is 15.7. The van der Waals surface area contributed by atoms with Crippen LogP contribution in [0.4, 0.5) is 0 Å². The number of methoxy groups -OCH3 is 1. The van der Waals surface area contributed by atoms with Crippen molar-refractivity contribution in [1.29, 1.82) is 0 Å². The molecule has 0 aliphatic carbocycles. The predicted molar refractivity (Wildman–Crippen MR) is 101 cm³/mol. The van der Waals surface area contributed by atoms with E-state index in [0.717, 1.165) is 32.7 Å². The van der Waals surface area contributed by atoms with Gasteiger partial charge in [0, 0.05) is 31.3 Å². The molecule has 0 saturated carbocycles. The first kappa shape index (κ1) is 17.7. The maximum Gasteiger partial charge on any atom is 0.0854 e. The highest BCUT2D eigenvalue weighted by Gasteiger charge is 2.31. The number of piperidine rings is 1. The first-order chi connectivity index (χ1) is 12.9. The Morgan fingerprint density at radius 2 is 2.12 bits per heavy atom. The van der Waals surface area contributed by atoms with E-state index in [1.807, 2.05) is 0 Å². The molecule has 5 nitrogen and oxygen atoms in total. The van der Waals surface area contributed by atoms with E-state index >= 15 is 0 Å². The molecule has 2 aliphatic rings. The van der Waals surface area contributed by atoms with Crippen LogP contribution in [0.15, 0.2) is 30.3 Å². The Balaban J connectivity index is 1.62. The average Bonchev–Trinajstić information content (AvgIpc) is 3.06. The van der Waals surface area contributed by atoms with E-state index in [0.29, 0.717) is 19.3 Å². The smallest absolute Gasteiger partial charge is 0.0854 e. The monoisotopic (exact) mass is 355 g/mol.